The van der Waals surface area contributed by atoms with Crippen LogP contribution in [0.4, 0.5) is 19.4 Å². The summed E-state index contributed by atoms with van der Waals surface area (Å²) in [6.07, 6.45) is 0. The van der Waals surface area contributed by atoms with Gasteiger partial charge in [-0.2, -0.15) is 0 Å². The van der Waals surface area contributed by atoms with Crippen molar-refractivity contribution < 1.29 is 24.2 Å². The molecule has 0 radical (unpaired) electrons. The Hall–Kier alpha value is -0.820. The summed E-state index contributed by atoms with van der Waals surface area (Å²) >= 11 is 4.78. The third kappa shape index (κ3) is 2.82. The molecule has 0 aromatic heterocycles. The average Bonchev–Trinajstić information content (AvgIpc) is 2.00. The maximum atomic E-state index is 12.4. The van der Waals surface area contributed by atoms with Gasteiger partial charge in [0.1, 0.15) is 4.90 Å². The first-order valence-electron chi connectivity index (χ1n) is 3.45. The molecule has 0 heterocycles. The van der Waals surface area contributed by atoms with Crippen molar-refractivity contribution in [3.63, 3.8) is 0 Å². The topological polar surface area (TPSA) is 17.1 Å². The van der Waals surface area contributed by atoms with Crippen molar-refractivity contribution in [2.45, 2.75) is 4.90 Å². The Balaban J connectivity index is 3.61. The van der Waals surface area contributed by atoms with Gasteiger partial charge in [0.05, 0.1) is 5.56 Å². The van der Waals surface area contributed by atoms with Crippen molar-refractivity contribution in [2.24, 2.45) is 0 Å². The second-order valence-corrected chi connectivity index (χ2v) is 5.46. The van der Waals surface area contributed by atoms with Gasteiger partial charge >= 0.3 is 10.2 Å². The Morgan fingerprint density at radius 2 is 1.53 bits per heavy atom. The van der Waals surface area contributed by atoms with Crippen LogP contribution in [0.5, 0.6) is 0 Å². The number of hydrogen-bond donors (Lipinski definition) is 0. The van der Waals surface area contributed by atoms with Crippen LogP contribution in [0.25, 0.3) is 0 Å². The molecule has 0 aliphatic rings. The lowest BCUT2D eigenvalue weighted by Crippen LogP contribution is -2.10. The van der Waals surface area contributed by atoms with Gasteiger partial charge in [-0.3, -0.25) is 4.79 Å². The molecule has 0 unspecified atom stereocenters. The first kappa shape index (κ1) is 12.3. The highest BCUT2D eigenvalue weighted by Crippen LogP contribution is 3.02. The van der Waals surface area contributed by atoms with Gasteiger partial charge in [-0.05, 0) is 23.7 Å². The molecule has 0 spiro atoms. The number of rotatable bonds is 2. The van der Waals surface area contributed by atoms with E-state index in [1.165, 1.54) is 0 Å². The first-order valence-corrected chi connectivity index (χ1v) is 5.78. The van der Waals surface area contributed by atoms with Crippen LogP contribution in [-0.4, -0.2) is 5.24 Å². The summed E-state index contributed by atoms with van der Waals surface area (Å²) in [4.78, 5) is 8.30. The first-order chi connectivity index (χ1) is 6.41. The molecule has 0 aliphatic heterocycles. The van der Waals surface area contributed by atoms with Crippen molar-refractivity contribution >= 4 is 27.1 Å². The molecule has 0 aliphatic carbocycles. The minimum atomic E-state index is -9.85. The molecule has 0 saturated heterocycles. The van der Waals surface area contributed by atoms with Crippen molar-refractivity contribution in [3.8, 4) is 0 Å². The quantitative estimate of drug-likeness (QED) is 0.559. The fraction of sp³-hybridized carbons (Fsp3) is 0. The molecule has 0 bridgehead atoms. The number of hydrogen-bond acceptors (Lipinski definition) is 1. The van der Waals surface area contributed by atoms with E-state index in [4.69, 9.17) is 11.6 Å². The van der Waals surface area contributed by atoms with E-state index < -0.39 is 25.9 Å². The lowest BCUT2D eigenvalue weighted by Gasteiger charge is -2.41. The smallest absolute Gasteiger partial charge is 0.276 e. The van der Waals surface area contributed by atoms with Crippen LogP contribution in [0.2, 0.25) is 0 Å². The monoisotopic (exact) mass is 266 g/mol. The van der Waals surface area contributed by atoms with Crippen LogP contribution < -0.4 is 0 Å². The Morgan fingerprint density at radius 3 is 1.87 bits per heavy atom. The molecule has 0 atom stereocenters. The van der Waals surface area contributed by atoms with E-state index in [1.807, 2.05) is 0 Å². The van der Waals surface area contributed by atoms with Crippen LogP contribution in [0.1, 0.15) is 10.4 Å². The SMILES string of the molecule is O=C(Cl)c1ccccc1S(F)(F)(F)(F)F. The fourth-order valence-electron chi connectivity index (χ4n) is 0.965. The predicted octanol–water partition coefficient (Wildman–Crippen LogP) is 4.72. The Labute approximate surface area is 86.6 Å². The largest absolute Gasteiger partial charge is 0.311 e. The normalized spacial score (nSPS) is 16.7. The molecule has 86 valence electrons. The van der Waals surface area contributed by atoms with Gasteiger partial charge in [0.2, 0.25) is 0 Å². The van der Waals surface area contributed by atoms with Gasteiger partial charge in [0.25, 0.3) is 5.24 Å². The molecule has 1 aromatic rings. The van der Waals surface area contributed by atoms with E-state index >= 15 is 0 Å². The summed E-state index contributed by atoms with van der Waals surface area (Å²) in [5.74, 6) is 0. The second-order valence-electron chi connectivity index (χ2n) is 2.74. The van der Waals surface area contributed by atoms with Gasteiger partial charge in [-0.1, -0.05) is 31.6 Å². The predicted molar refractivity (Wildman–Crippen MR) is 48.0 cm³/mol. The molecule has 0 fully saturated rings. The minimum Gasteiger partial charge on any atom is -0.276 e. The Kier molecular flexibility index (Phi) is 2.16. The molecule has 15 heavy (non-hydrogen) atoms. The minimum absolute atomic E-state index is 0.136. The highest BCUT2D eigenvalue weighted by atomic mass is 35.5. The van der Waals surface area contributed by atoms with E-state index in [9.17, 15) is 24.2 Å². The number of halogens is 6. The molecular weight excluding hydrogens is 263 g/mol. The van der Waals surface area contributed by atoms with Crippen molar-refractivity contribution in [1.29, 1.82) is 0 Å². The molecule has 0 saturated carbocycles. The average molecular weight is 267 g/mol. The highest BCUT2D eigenvalue weighted by molar-refractivity contribution is 8.45. The third-order valence-corrected chi connectivity index (χ3v) is 2.91. The van der Waals surface area contributed by atoms with E-state index in [-0.39, 0.29) is 6.07 Å². The van der Waals surface area contributed by atoms with Gasteiger partial charge in [0, 0.05) is 0 Å². The Morgan fingerprint density at radius 1 is 1.07 bits per heavy atom. The summed E-state index contributed by atoms with van der Waals surface area (Å²) in [6, 6.07) is 2.51. The lowest BCUT2D eigenvalue weighted by molar-refractivity contribution is 0.107. The number of carbonyl (C=O) groups excluding carboxylic acids is 1. The van der Waals surface area contributed by atoms with Crippen LogP contribution in [0, 0.1) is 0 Å². The van der Waals surface area contributed by atoms with Crippen LogP contribution in [0.3, 0.4) is 0 Å². The van der Waals surface area contributed by atoms with E-state index in [0.29, 0.717) is 6.07 Å². The van der Waals surface area contributed by atoms with E-state index in [2.05, 4.69) is 0 Å². The standard InChI is InChI=1S/C7H4ClF5OS/c8-7(14)5-3-1-2-4-6(5)15(9,10,11,12)13/h1-4H. The number of carbonyl (C=O) groups is 1. The molecule has 1 aromatic carbocycles. The fourth-order valence-corrected chi connectivity index (χ4v) is 2.10. The third-order valence-electron chi connectivity index (χ3n) is 1.51. The Bertz CT molecular complexity index is 426. The maximum absolute atomic E-state index is 12.4. The van der Waals surface area contributed by atoms with Gasteiger partial charge in [0.15, 0.2) is 0 Å². The maximum Gasteiger partial charge on any atom is 0.311 e. The molecule has 0 N–H and O–H groups in total. The van der Waals surface area contributed by atoms with Gasteiger partial charge < -0.3 is 0 Å². The summed E-state index contributed by atoms with van der Waals surface area (Å²) in [5.41, 5.74) is -1.24. The van der Waals surface area contributed by atoms with Crippen LogP contribution in [0.15, 0.2) is 29.2 Å². The molecule has 1 nitrogen and oxygen atoms in total. The number of benzene rings is 1. The summed E-state index contributed by atoms with van der Waals surface area (Å²) in [6.45, 7) is 0. The van der Waals surface area contributed by atoms with Crippen molar-refractivity contribution in [2.75, 3.05) is 0 Å². The van der Waals surface area contributed by atoms with Gasteiger partial charge in [-0.25, -0.2) is 0 Å². The molecule has 1 rings (SSSR count). The van der Waals surface area contributed by atoms with E-state index in [0.717, 1.165) is 12.1 Å². The van der Waals surface area contributed by atoms with Crippen LogP contribution in [-0.2, 0) is 0 Å². The zero-order valence-corrected chi connectivity index (χ0v) is 8.47. The van der Waals surface area contributed by atoms with E-state index in [1.54, 1.807) is 0 Å². The lowest BCUT2D eigenvalue weighted by atomic mass is 10.2. The molecule has 0 amide bonds. The summed E-state index contributed by atoms with van der Waals surface area (Å²) in [7, 11) is -9.85. The molecular formula is C7H4ClF5OS. The second kappa shape index (κ2) is 2.65. The zero-order valence-electron chi connectivity index (χ0n) is 6.89. The molecule has 8 heteroatoms. The van der Waals surface area contributed by atoms with Gasteiger partial charge in [-0.15, -0.1) is 0 Å². The highest BCUT2D eigenvalue weighted by Gasteiger charge is 2.66. The van der Waals surface area contributed by atoms with Crippen molar-refractivity contribution in [1.82, 2.24) is 0 Å². The van der Waals surface area contributed by atoms with Crippen LogP contribution >= 0.6 is 21.8 Å². The van der Waals surface area contributed by atoms with Crippen molar-refractivity contribution in [3.05, 3.63) is 29.8 Å². The summed E-state index contributed by atoms with van der Waals surface area (Å²) in [5, 5.41) is -1.57. The zero-order chi connectivity index (χ0) is 12.0. The summed E-state index contributed by atoms with van der Waals surface area (Å²) < 4.78 is 61.8.